The van der Waals surface area contributed by atoms with E-state index in [0.717, 1.165) is 0 Å². The third-order valence-electron chi connectivity index (χ3n) is 3.62. The lowest BCUT2D eigenvalue weighted by Gasteiger charge is -2.19. The van der Waals surface area contributed by atoms with Crippen LogP contribution in [0.4, 0.5) is 0 Å². The molecule has 0 aliphatic heterocycles. The number of halogens is 2. The van der Waals surface area contributed by atoms with Crippen LogP contribution in [-0.2, 0) is 0 Å². The van der Waals surface area contributed by atoms with Crippen LogP contribution in [0.2, 0.25) is 5.02 Å². The van der Waals surface area contributed by atoms with E-state index in [1.165, 1.54) is 0 Å². The van der Waals surface area contributed by atoms with Gasteiger partial charge in [0.15, 0.2) is 11.5 Å². The molecule has 1 amide bonds. The van der Waals surface area contributed by atoms with Crippen molar-refractivity contribution in [3.8, 4) is 17.2 Å². The Balaban J connectivity index is 2.00. The molecule has 0 spiro atoms. The summed E-state index contributed by atoms with van der Waals surface area (Å²) in [6.45, 7) is 3.21. The largest absolute Gasteiger partial charge is 0.493 e. The van der Waals surface area contributed by atoms with Gasteiger partial charge in [0, 0.05) is 17.6 Å². The fourth-order valence-corrected chi connectivity index (χ4v) is 2.96. The first kappa shape index (κ1) is 20.4. The lowest BCUT2D eigenvalue weighted by atomic mass is 10.1. The summed E-state index contributed by atoms with van der Waals surface area (Å²) in [6, 6.07) is 10.5. The maximum absolute atomic E-state index is 12.7. The van der Waals surface area contributed by atoms with Crippen LogP contribution in [0.5, 0.6) is 17.2 Å². The van der Waals surface area contributed by atoms with Gasteiger partial charge in [-0.3, -0.25) is 4.79 Å². The molecule has 140 valence electrons. The zero-order chi connectivity index (χ0) is 19.1. The Hall–Kier alpha value is -1.92. The molecule has 2 aromatic carbocycles. The van der Waals surface area contributed by atoms with Crippen molar-refractivity contribution < 1.29 is 19.0 Å². The fraction of sp³-hybridized carbons (Fsp3) is 0.316. The van der Waals surface area contributed by atoms with Crippen molar-refractivity contribution in [3.05, 3.63) is 51.5 Å². The monoisotopic (exact) mass is 441 g/mol. The van der Waals surface area contributed by atoms with Crippen molar-refractivity contribution in [1.29, 1.82) is 0 Å². The quantitative estimate of drug-likeness (QED) is 0.596. The van der Waals surface area contributed by atoms with Gasteiger partial charge in [-0.2, -0.15) is 0 Å². The molecule has 0 N–H and O–H groups in total. The lowest BCUT2D eigenvalue weighted by molar-refractivity contribution is 0.0773. The highest BCUT2D eigenvalue weighted by Gasteiger charge is 2.18. The average Bonchev–Trinajstić information content (AvgIpc) is 2.64. The van der Waals surface area contributed by atoms with E-state index in [9.17, 15) is 4.79 Å². The molecule has 2 aromatic rings. The normalized spacial score (nSPS) is 10.3. The Kier molecular flexibility index (Phi) is 7.60. The molecule has 0 radical (unpaired) electrons. The maximum atomic E-state index is 12.7. The maximum Gasteiger partial charge on any atom is 0.253 e. The van der Waals surface area contributed by atoms with E-state index >= 15 is 0 Å². The zero-order valence-corrected chi connectivity index (χ0v) is 17.3. The van der Waals surface area contributed by atoms with Crippen molar-refractivity contribution in [2.45, 2.75) is 6.92 Å². The first-order valence-corrected chi connectivity index (χ1v) is 9.27. The average molecular weight is 443 g/mol. The third-order valence-corrected chi connectivity index (χ3v) is 4.46. The van der Waals surface area contributed by atoms with E-state index in [2.05, 4.69) is 15.9 Å². The molecule has 7 heteroatoms. The van der Waals surface area contributed by atoms with Gasteiger partial charge in [0.2, 0.25) is 0 Å². The van der Waals surface area contributed by atoms with Crippen molar-refractivity contribution in [3.63, 3.8) is 0 Å². The van der Waals surface area contributed by atoms with Crippen LogP contribution >= 0.6 is 27.5 Å². The number of carbonyl (C=O) groups excluding carboxylic acids is 1. The van der Waals surface area contributed by atoms with Crippen LogP contribution in [0.25, 0.3) is 0 Å². The highest BCUT2D eigenvalue weighted by Crippen LogP contribution is 2.36. The molecule has 0 aliphatic carbocycles. The van der Waals surface area contributed by atoms with Crippen molar-refractivity contribution >= 4 is 33.4 Å². The Morgan fingerprint density at radius 2 is 1.88 bits per heavy atom. The standard InChI is InChI=1S/C19H21BrClNO4/c1-4-25-18-16(20)11-13(12-17(18)24-3)19(23)22(2)9-10-26-15-7-5-14(21)6-8-15/h5-8,11-12H,4,9-10H2,1-3H3. The number of hydrogen-bond donors (Lipinski definition) is 0. The Bertz CT molecular complexity index is 752. The summed E-state index contributed by atoms with van der Waals surface area (Å²) in [6.07, 6.45) is 0. The summed E-state index contributed by atoms with van der Waals surface area (Å²) >= 11 is 9.28. The summed E-state index contributed by atoms with van der Waals surface area (Å²) in [5.41, 5.74) is 0.506. The highest BCUT2D eigenvalue weighted by molar-refractivity contribution is 9.10. The molecule has 0 heterocycles. The molecule has 2 rings (SSSR count). The molecule has 0 unspecified atom stereocenters. The Morgan fingerprint density at radius 3 is 2.50 bits per heavy atom. The minimum atomic E-state index is -0.133. The van der Waals surface area contributed by atoms with E-state index in [0.29, 0.717) is 52.1 Å². The number of nitrogens with zero attached hydrogens (tertiary/aromatic N) is 1. The topological polar surface area (TPSA) is 48.0 Å². The Morgan fingerprint density at radius 1 is 1.19 bits per heavy atom. The Labute approximate surface area is 166 Å². The van der Waals surface area contributed by atoms with Crippen LogP contribution in [0.15, 0.2) is 40.9 Å². The molecule has 0 atom stereocenters. The van der Waals surface area contributed by atoms with Gasteiger partial charge >= 0.3 is 0 Å². The first-order chi connectivity index (χ1) is 12.5. The molecule has 0 saturated heterocycles. The number of likely N-dealkylation sites (N-methyl/N-ethyl adjacent to an activating group) is 1. The van der Waals surface area contributed by atoms with Crippen LogP contribution in [0.3, 0.4) is 0 Å². The van der Waals surface area contributed by atoms with Gasteiger partial charge in [-0.25, -0.2) is 0 Å². The number of ether oxygens (including phenoxy) is 3. The van der Waals surface area contributed by atoms with Gasteiger partial charge in [-0.15, -0.1) is 0 Å². The second-order valence-electron chi connectivity index (χ2n) is 5.45. The van der Waals surface area contributed by atoms with Gasteiger partial charge in [0.1, 0.15) is 12.4 Å². The van der Waals surface area contributed by atoms with E-state index in [1.54, 1.807) is 55.5 Å². The summed E-state index contributed by atoms with van der Waals surface area (Å²) in [7, 11) is 3.27. The number of amides is 1. The van der Waals surface area contributed by atoms with E-state index in [1.807, 2.05) is 6.92 Å². The zero-order valence-electron chi connectivity index (χ0n) is 14.9. The number of methoxy groups -OCH3 is 1. The van der Waals surface area contributed by atoms with Gasteiger partial charge in [-0.05, 0) is 59.3 Å². The van der Waals surface area contributed by atoms with E-state index in [4.69, 9.17) is 25.8 Å². The molecular formula is C19H21BrClNO4. The molecule has 0 bridgehead atoms. The number of benzene rings is 2. The molecule has 26 heavy (non-hydrogen) atoms. The SMILES string of the molecule is CCOc1c(Br)cc(C(=O)N(C)CCOc2ccc(Cl)cc2)cc1OC. The molecular weight excluding hydrogens is 422 g/mol. The van der Waals surface area contributed by atoms with Crippen LogP contribution < -0.4 is 14.2 Å². The molecule has 0 fully saturated rings. The summed E-state index contributed by atoms with van der Waals surface area (Å²) in [5.74, 6) is 1.67. The summed E-state index contributed by atoms with van der Waals surface area (Å²) < 4.78 is 17.2. The minimum Gasteiger partial charge on any atom is -0.493 e. The predicted molar refractivity (Wildman–Crippen MR) is 106 cm³/mol. The molecule has 0 aliphatic rings. The molecule has 0 saturated carbocycles. The molecule has 5 nitrogen and oxygen atoms in total. The van der Waals surface area contributed by atoms with Gasteiger partial charge in [0.05, 0.1) is 24.7 Å². The summed E-state index contributed by atoms with van der Waals surface area (Å²) in [4.78, 5) is 14.3. The second kappa shape index (κ2) is 9.69. The predicted octanol–water partition coefficient (Wildman–Crippen LogP) is 4.66. The number of rotatable bonds is 8. The van der Waals surface area contributed by atoms with E-state index in [-0.39, 0.29) is 5.91 Å². The van der Waals surface area contributed by atoms with Gasteiger partial charge in [0.25, 0.3) is 5.91 Å². The highest BCUT2D eigenvalue weighted by atomic mass is 79.9. The van der Waals surface area contributed by atoms with Crippen molar-refractivity contribution in [2.24, 2.45) is 0 Å². The lowest BCUT2D eigenvalue weighted by Crippen LogP contribution is -2.30. The number of carbonyl (C=O) groups is 1. The van der Waals surface area contributed by atoms with Crippen LogP contribution in [0.1, 0.15) is 17.3 Å². The van der Waals surface area contributed by atoms with E-state index < -0.39 is 0 Å². The van der Waals surface area contributed by atoms with Gasteiger partial charge in [-0.1, -0.05) is 11.6 Å². The van der Waals surface area contributed by atoms with Crippen LogP contribution in [-0.4, -0.2) is 44.7 Å². The molecule has 0 aromatic heterocycles. The van der Waals surface area contributed by atoms with Crippen LogP contribution in [0, 0.1) is 0 Å². The second-order valence-corrected chi connectivity index (χ2v) is 6.74. The van der Waals surface area contributed by atoms with Gasteiger partial charge < -0.3 is 19.1 Å². The number of hydrogen-bond acceptors (Lipinski definition) is 4. The smallest absolute Gasteiger partial charge is 0.253 e. The third kappa shape index (κ3) is 5.29. The van der Waals surface area contributed by atoms with Crippen molar-refractivity contribution in [2.75, 3.05) is 33.9 Å². The first-order valence-electron chi connectivity index (χ1n) is 8.10. The minimum absolute atomic E-state index is 0.133. The fourth-order valence-electron chi connectivity index (χ4n) is 2.28. The van der Waals surface area contributed by atoms with Crippen molar-refractivity contribution in [1.82, 2.24) is 4.90 Å². The summed E-state index contributed by atoms with van der Waals surface area (Å²) in [5, 5.41) is 0.652.